The molecule has 5 nitrogen and oxygen atoms in total. The van der Waals surface area contributed by atoms with Crippen LogP contribution in [0.2, 0.25) is 5.02 Å². The Kier molecular flexibility index (Phi) is 4.67. The van der Waals surface area contributed by atoms with E-state index in [9.17, 15) is 18.0 Å². The normalized spacial score (nSPS) is 19.5. The van der Waals surface area contributed by atoms with Crippen LogP contribution in [-0.4, -0.2) is 38.7 Å². The van der Waals surface area contributed by atoms with Crippen molar-refractivity contribution in [2.24, 2.45) is 0 Å². The van der Waals surface area contributed by atoms with Crippen LogP contribution in [0, 0.1) is 0 Å². The number of nitrogens with zero attached hydrogens (tertiary/aromatic N) is 1. The lowest BCUT2D eigenvalue weighted by atomic mass is 9.86. The number of carbonyl (C=O) groups is 2. The number of halogens is 1. The van der Waals surface area contributed by atoms with Gasteiger partial charge in [-0.15, -0.1) is 0 Å². The SMILES string of the molecule is CN1C(=O)C(C)(CS(=O)(=O)CC(=O)c2ccccc2)c2cc(Cl)ccc21. The van der Waals surface area contributed by atoms with E-state index in [0.29, 0.717) is 21.8 Å². The van der Waals surface area contributed by atoms with E-state index in [1.807, 2.05) is 0 Å². The van der Waals surface area contributed by atoms with E-state index in [0.717, 1.165) is 0 Å². The molecule has 2 aromatic rings. The molecule has 0 saturated carbocycles. The van der Waals surface area contributed by atoms with Crippen molar-refractivity contribution >= 4 is 38.8 Å². The molecule has 1 aliphatic rings. The zero-order chi connectivity index (χ0) is 19.1. The molecule has 0 radical (unpaired) electrons. The first-order chi connectivity index (χ1) is 12.1. The maximum absolute atomic E-state index is 12.8. The van der Waals surface area contributed by atoms with Crippen molar-refractivity contribution in [1.82, 2.24) is 0 Å². The molecule has 1 heterocycles. The number of benzene rings is 2. The summed E-state index contributed by atoms with van der Waals surface area (Å²) in [6, 6.07) is 13.2. The zero-order valence-electron chi connectivity index (χ0n) is 14.4. The van der Waals surface area contributed by atoms with E-state index < -0.39 is 32.5 Å². The first-order valence-corrected chi connectivity index (χ1v) is 10.2. The Morgan fingerprint density at radius 1 is 1.15 bits per heavy atom. The van der Waals surface area contributed by atoms with Crippen LogP contribution in [-0.2, 0) is 20.0 Å². The van der Waals surface area contributed by atoms with E-state index in [4.69, 9.17) is 11.6 Å². The van der Waals surface area contributed by atoms with Crippen LogP contribution in [0.4, 0.5) is 5.69 Å². The summed E-state index contributed by atoms with van der Waals surface area (Å²) in [6.45, 7) is 1.58. The summed E-state index contributed by atoms with van der Waals surface area (Å²) in [5.74, 6) is -1.90. The Bertz CT molecular complexity index is 988. The van der Waals surface area contributed by atoms with Crippen LogP contribution < -0.4 is 4.90 Å². The van der Waals surface area contributed by atoms with Crippen molar-refractivity contribution in [3.63, 3.8) is 0 Å². The number of anilines is 1. The summed E-state index contributed by atoms with van der Waals surface area (Å²) in [7, 11) is -2.22. The van der Waals surface area contributed by atoms with Crippen LogP contribution in [0.25, 0.3) is 0 Å². The summed E-state index contributed by atoms with van der Waals surface area (Å²) >= 11 is 6.05. The second-order valence-corrected chi connectivity index (χ2v) is 9.18. The summed E-state index contributed by atoms with van der Waals surface area (Å²) in [6.07, 6.45) is 0. The summed E-state index contributed by atoms with van der Waals surface area (Å²) in [5, 5.41) is 0.427. The van der Waals surface area contributed by atoms with Gasteiger partial charge in [0, 0.05) is 23.3 Å². The predicted molar refractivity (Wildman–Crippen MR) is 102 cm³/mol. The van der Waals surface area contributed by atoms with Gasteiger partial charge in [-0.1, -0.05) is 41.9 Å². The zero-order valence-corrected chi connectivity index (χ0v) is 16.0. The van der Waals surface area contributed by atoms with Crippen LogP contribution in [0.3, 0.4) is 0 Å². The van der Waals surface area contributed by atoms with Crippen LogP contribution in [0.5, 0.6) is 0 Å². The lowest BCUT2D eigenvalue weighted by Gasteiger charge is -2.23. The van der Waals surface area contributed by atoms with Gasteiger partial charge in [-0.3, -0.25) is 9.59 Å². The molecule has 136 valence electrons. The van der Waals surface area contributed by atoms with E-state index in [-0.39, 0.29) is 5.91 Å². The molecule has 0 spiro atoms. The molecule has 0 aliphatic carbocycles. The van der Waals surface area contributed by atoms with Gasteiger partial charge >= 0.3 is 0 Å². The standard InChI is InChI=1S/C19H18ClNO4S/c1-19(15-10-14(20)8-9-16(15)21(2)18(19)23)12-26(24,25)11-17(22)13-6-4-3-5-7-13/h3-10H,11-12H2,1-2H3. The number of rotatable bonds is 5. The number of amides is 1. The number of hydrogen-bond donors (Lipinski definition) is 0. The Hall–Kier alpha value is -2.18. The Morgan fingerprint density at radius 2 is 1.81 bits per heavy atom. The first-order valence-electron chi connectivity index (χ1n) is 8.01. The second-order valence-electron chi connectivity index (χ2n) is 6.68. The number of sulfone groups is 1. The molecule has 1 unspecified atom stereocenters. The quantitative estimate of drug-likeness (QED) is 0.735. The minimum absolute atomic E-state index is 0.328. The van der Waals surface area contributed by atoms with Gasteiger partial charge in [0.15, 0.2) is 15.6 Å². The molecule has 1 amide bonds. The molecular weight excluding hydrogens is 374 g/mol. The highest BCUT2D eigenvalue weighted by Gasteiger charge is 2.49. The van der Waals surface area contributed by atoms with Crippen molar-refractivity contribution in [3.05, 3.63) is 64.7 Å². The Labute approximate surface area is 157 Å². The number of fused-ring (bicyclic) bond motifs is 1. The minimum atomic E-state index is -3.82. The van der Waals surface area contributed by atoms with Gasteiger partial charge in [-0.05, 0) is 30.7 Å². The smallest absolute Gasteiger partial charge is 0.238 e. The van der Waals surface area contributed by atoms with Gasteiger partial charge < -0.3 is 4.90 Å². The third-order valence-electron chi connectivity index (χ3n) is 4.65. The van der Waals surface area contributed by atoms with Crippen molar-refractivity contribution in [2.75, 3.05) is 23.5 Å². The van der Waals surface area contributed by atoms with Gasteiger partial charge in [0.2, 0.25) is 5.91 Å². The summed E-state index contributed by atoms with van der Waals surface area (Å²) in [4.78, 5) is 26.5. The first kappa shape index (κ1) is 18.6. The molecule has 7 heteroatoms. The molecule has 2 aromatic carbocycles. The monoisotopic (exact) mass is 391 g/mol. The predicted octanol–water partition coefficient (Wildman–Crippen LogP) is 2.87. The Morgan fingerprint density at radius 3 is 2.46 bits per heavy atom. The maximum Gasteiger partial charge on any atom is 0.238 e. The van der Waals surface area contributed by atoms with E-state index in [2.05, 4.69) is 0 Å². The van der Waals surface area contributed by atoms with Gasteiger partial charge in [0.25, 0.3) is 0 Å². The van der Waals surface area contributed by atoms with Gasteiger partial charge in [-0.2, -0.15) is 0 Å². The topological polar surface area (TPSA) is 71.5 Å². The van der Waals surface area contributed by atoms with E-state index in [1.54, 1.807) is 62.5 Å². The van der Waals surface area contributed by atoms with Crippen LogP contribution in [0.15, 0.2) is 48.5 Å². The van der Waals surface area contributed by atoms with Gasteiger partial charge in [0.05, 0.1) is 11.2 Å². The van der Waals surface area contributed by atoms with Gasteiger partial charge in [-0.25, -0.2) is 8.42 Å². The number of ketones is 1. The molecule has 1 atom stereocenters. The number of hydrogen-bond acceptors (Lipinski definition) is 4. The van der Waals surface area contributed by atoms with Gasteiger partial charge in [0.1, 0.15) is 5.75 Å². The van der Waals surface area contributed by atoms with Crippen molar-refractivity contribution in [2.45, 2.75) is 12.3 Å². The highest BCUT2D eigenvalue weighted by Crippen LogP contribution is 2.43. The van der Waals surface area contributed by atoms with E-state index in [1.165, 1.54) is 4.90 Å². The maximum atomic E-state index is 12.8. The number of likely N-dealkylation sites (N-methyl/N-ethyl adjacent to an activating group) is 1. The molecular formula is C19H18ClNO4S. The van der Waals surface area contributed by atoms with Crippen molar-refractivity contribution in [1.29, 1.82) is 0 Å². The van der Waals surface area contributed by atoms with Crippen molar-refractivity contribution in [3.8, 4) is 0 Å². The molecule has 3 rings (SSSR count). The van der Waals surface area contributed by atoms with Crippen LogP contribution >= 0.6 is 11.6 Å². The molecule has 0 bridgehead atoms. The third-order valence-corrected chi connectivity index (χ3v) is 6.60. The van der Waals surface area contributed by atoms with E-state index >= 15 is 0 Å². The Balaban J connectivity index is 1.91. The van der Waals surface area contributed by atoms with Crippen molar-refractivity contribution < 1.29 is 18.0 Å². The summed E-state index contributed by atoms with van der Waals surface area (Å²) in [5.41, 5.74) is 0.254. The largest absolute Gasteiger partial charge is 0.314 e. The second kappa shape index (κ2) is 6.52. The summed E-state index contributed by atoms with van der Waals surface area (Å²) < 4.78 is 25.4. The molecule has 26 heavy (non-hydrogen) atoms. The molecule has 1 aliphatic heterocycles. The molecule has 0 saturated heterocycles. The molecule has 0 N–H and O–H groups in total. The molecule has 0 aromatic heterocycles. The lowest BCUT2D eigenvalue weighted by molar-refractivity contribution is -0.121. The fourth-order valence-electron chi connectivity index (χ4n) is 3.37. The lowest BCUT2D eigenvalue weighted by Crippen LogP contribution is -2.42. The highest BCUT2D eigenvalue weighted by atomic mass is 35.5. The average Bonchev–Trinajstić information content (AvgIpc) is 2.76. The third kappa shape index (κ3) is 3.27. The highest BCUT2D eigenvalue weighted by molar-refractivity contribution is 7.92. The molecule has 0 fully saturated rings. The fourth-order valence-corrected chi connectivity index (χ4v) is 5.37. The number of Topliss-reactive ketones (excluding diaryl/α,β-unsaturated/α-hetero) is 1. The minimum Gasteiger partial charge on any atom is -0.314 e. The fraction of sp³-hybridized carbons (Fsp3) is 0.263. The average molecular weight is 392 g/mol. The van der Waals surface area contributed by atoms with Crippen LogP contribution in [0.1, 0.15) is 22.8 Å². The number of carbonyl (C=O) groups excluding carboxylic acids is 2.